The summed E-state index contributed by atoms with van der Waals surface area (Å²) in [4.78, 5) is 5.78. The summed E-state index contributed by atoms with van der Waals surface area (Å²) in [7, 11) is -3.87. The lowest BCUT2D eigenvalue weighted by atomic mass is 10.2. The zero-order valence-corrected chi connectivity index (χ0v) is 14.5. The van der Waals surface area contributed by atoms with Gasteiger partial charge < -0.3 is 0 Å². The van der Waals surface area contributed by atoms with Crippen LogP contribution in [0.2, 0.25) is 5.02 Å². The molecule has 2 heterocycles. The van der Waals surface area contributed by atoms with Crippen molar-refractivity contribution in [2.24, 2.45) is 0 Å². The van der Waals surface area contributed by atoms with Crippen molar-refractivity contribution < 1.29 is 12.8 Å². The molecule has 0 amide bonds. The van der Waals surface area contributed by atoms with Gasteiger partial charge in [-0.2, -0.15) is 4.31 Å². The van der Waals surface area contributed by atoms with E-state index in [1.165, 1.54) is 22.5 Å². The number of benzene rings is 1. The Morgan fingerprint density at radius 3 is 2.42 bits per heavy atom. The second-order valence-corrected chi connectivity index (χ2v) is 7.90. The van der Waals surface area contributed by atoms with Gasteiger partial charge >= 0.3 is 0 Å². The largest absolute Gasteiger partial charge is 0.296 e. The molecule has 0 unspecified atom stereocenters. The van der Waals surface area contributed by atoms with E-state index in [1.54, 1.807) is 12.4 Å². The Kier molecular flexibility index (Phi) is 5.15. The lowest BCUT2D eigenvalue weighted by Gasteiger charge is -2.34. The molecular weight excluding hydrogens is 353 g/mol. The molecule has 8 heteroatoms. The van der Waals surface area contributed by atoms with Crippen LogP contribution in [0.1, 0.15) is 5.56 Å². The van der Waals surface area contributed by atoms with E-state index in [0.717, 1.165) is 12.1 Å². The van der Waals surface area contributed by atoms with Gasteiger partial charge in [-0.1, -0.05) is 17.7 Å². The van der Waals surface area contributed by atoms with Gasteiger partial charge in [0.05, 0.1) is 5.02 Å². The van der Waals surface area contributed by atoms with Crippen molar-refractivity contribution in [3.05, 3.63) is 59.1 Å². The Morgan fingerprint density at radius 1 is 1.08 bits per heavy atom. The molecule has 0 aliphatic carbocycles. The summed E-state index contributed by atoms with van der Waals surface area (Å²) in [6.07, 6.45) is 3.47. The van der Waals surface area contributed by atoms with Crippen LogP contribution in [0.25, 0.3) is 0 Å². The zero-order valence-electron chi connectivity index (χ0n) is 12.9. The fourth-order valence-corrected chi connectivity index (χ4v) is 4.44. The van der Waals surface area contributed by atoms with Crippen LogP contribution in [-0.4, -0.2) is 48.8 Å². The van der Waals surface area contributed by atoms with Gasteiger partial charge in [0.2, 0.25) is 10.0 Å². The van der Waals surface area contributed by atoms with Crippen molar-refractivity contribution >= 4 is 21.6 Å². The molecule has 0 atom stereocenters. The average molecular weight is 370 g/mol. The Balaban J connectivity index is 1.69. The van der Waals surface area contributed by atoms with Crippen LogP contribution in [0.15, 0.2) is 47.6 Å². The summed E-state index contributed by atoms with van der Waals surface area (Å²) < 4.78 is 40.6. The predicted molar refractivity (Wildman–Crippen MR) is 89.7 cm³/mol. The van der Waals surface area contributed by atoms with E-state index in [4.69, 9.17) is 11.6 Å². The second-order valence-electron chi connectivity index (χ2n) is 5.59. The molecule has 1 aromatic heterocycles. The van der Waals surface area contributed by atoms with Crippen molar-refractivity contribution in [2.75, 3.05) is 26.2 Å². The maximum Gasteiger partial charge on any atom is 0.246 e. The van der Waals surface area contributed by atoms with Crippen molar-refractivity contribution in [3.63, 3.8) is 0 Å². The van der Waals surface area contributed by atoms with Gasteiger partial charge in [-0.25, -0.2) is 12.8 Å². The number of aromatic nitrogens is 1. The van der Waals surface area contributed by atoms with Gasteiger partial charge in [0.15, 0.2) is 5.82 Å². The number of nitrogens with zero attached hydrogens (tertiary/aromatic N) is 3. The standard InChI is InChI=1S/C16H17ClFN3O2S/c17-14-2-1-3-15(16(14)18)24(22,23)21-10-8-20(9-11-21)12-13-4-6-19-7-5-13/h1-7H,8-12H2. The van der Waals surface area contributed by atoms with Gasteiger partial charge in [0.25, 0.3) is 0 Å². The Labute approximate surface area is 145 Å². The fourth-order valence-electron chi connectivity index (χ4n) is 2.70. The van der Waals surface area contributed by atoms with E-state index >= 15 is 0 Å². The highest BCUT2D eigenvalue weighted by molar-refractivity contribution is 7.89. The third-order valence-electron chi connectivity index (χ3n) is 4.02. The minimum Gasteiger partial charge on any atom is -0.296 e. The first kappa shape index (κ1) is 17.3. The molecule has 5 nitrogen and oxygen atoms in total. The first-order chi connectivity index (χ1) is 11.5. The molecule has 128 valence electrons. The van der Waals surface area contributed by atoms with Crippen molar-refractivity contribution in [1.29, 1.82) is 0 Å². The summed E-state index contributed by atoms with van der Waals surface area (Å²) in [5.41, 5.74) is 1.13. The van der Waals surface area contributed by atoms with E-state index in [0.29, 0.717) is 26.2 Å². The van der Waals surface area contributed by atoms with Crippen molar-refractivity contribution in [3.8, 4) is 0 Å². The summed E-state index contributed by atoms with van der Waals surface area (Å²) in [5, 5.41) is -0.188. The third kappa shape index (κ3) is 3.59. The molecule has 1 fully saturated rings. The summed E-state index contributed by atoms with van der Waals surface area (Å²) in [6.45, 7) is 2.55. The minimum atomic E-state index is -3.87. The molecule has 0 saturated carbocycles. The number of rotatable bonds is 4. The van der Waals surface area contributed by atoms with Crippen molar-refractivity contribution in [2.45, 2.75) is 11.4 Å². The van der Waals surface area contributed by atoms with E-state index in [2.05, 4.69) is 9.88 Å². The normalized spacial score (nSPS) is 17.1. The monoisotopic (exact) mass is 369 g/mol. The van der Waals surface area contributed by atoms with E-state index in [-0.39, 0.29) is 9.92 Å². The quantitative estimate of drug-likeness (QED) is 0.830. The van der Waals surface area contributed by atoms with Crippen LogP contribution in [0, 0.1) is 5.82 Å². The Morgan fingerprint density at radius 2 is 1.75 bits per heavy atom. The summed E-state index contributed by atoms with van der Waals surface area (Å²) >= 11 is 5.70. The smallest absolute Gasteiger partial charge is 0.246 e. The molecule has 1 aliphatic heterocycles. The molecule has 2 aromatic rings. The van der Waals surface area contributed by atoms with Crippen LogP contribution in [0.4, 0.5) is 4.39 Å². The highest BCUT2D eigenvalue weighted by Gasteiger charge is 2.31. The van der Waals surface area contributed by atoms with Crippen LogP contribution >= 0.6 is 11.6 Å². The van der Waals surface area contributed by atoms with Crippen LogP contribution < -0.4 is 0 Å². The minimum absolute atomic E-state index is 0.188. The van der Waals surface area contributed by atoms with E-state index < -0.39 is 15.8 Å². The van der Waals surface area contributed by atoms with Gasteiger partial charge in [-0.15, -0.1) is 0 Å². The number of halogens is 2. The first-order valence-corrected chi connectivity index (χ1v) is 9.36. The average Bonchev–Trinajstić information content (AvgIpc) is 2.58. The molecule has 1 aromatic carbocycles. The fraction of sp³-hybridized carbons (Fsp3) is 0.312. The SMILES string of the molecule is O=S(=O)(c1cccc(Cl)c1F)N1CCN(Cc2ccncc2)CC1. The van der Waals surface area contributed by atoms with Crippen LogP contribution in [0.5, 0.6) is 0 Å². The summed E-state index contributed by atoms with van der Waals surface area (Å²) in [6, 6.07) is 7.90. The molecule has 1 saturated heterocycles. The second kappa shape index (κ2) is 7.14. The highest BCUT2D eigenvalue weighted by atomic mass is 35.5. The Hall–Kier alpha value is -1.54. The number of piperazine rings is 1. The topological polar surface area (TPSA) is 53.5 Å². The zero-order chi connectivity index (χ0) is 17.2. The lowest BCUT2D eigenvalue weighted by molar-refractivity contribution is 0.181. The first-order valence-electron chi connectivity index (χ1n) is 7.54. The molecule has 24 heavy (non-hydrogen) atoms. The number of sulfonamides is 1. The molecule has 3 rings (SSSR count). The number of hydrogen-bond donors (Lipinski definition) is 0. The van der Waals surface area contributed by atoms with Crippen molar-refractivity contribution in [1.82, 2.24) is 14.2 Å². The lowest BCUT2D eigenvalue weighted by Crippen LogP contribution is -2.48. The van der Waals surface area contributed by atoms with E-state index in [9.17, 15) is 12.8 Å². The molecule has 0 spiro atoms. The number of pyridine rings is 1. The van der Waals surface area contributed by atoms with Gasteiger partial charge in [0.1, 0.15) is 4.90 Å². The molecule has 0 N–H and O–H groups in total. The maximum absolute atomic E-state index is 14.1. The molecule has 0 radical (unpaired) electrons. The molecular formula is C16H17ClFN3O2S. The highest BCUT2D eigenvalue weighted by Crippen LogP contribution is 2.25. The molecule has 1 aliphatic rings. The van der Waals surface area contributed by atoms with Crippen LogP contribution in [0.3, 0.4) is 0 Å². The third-order valence-corrected chi connectivity index (χ3v) is 6.23. The van der Waals surface area contributed by atoms with Gasteiger partial charge in [-0.05, 0) is 29.8 Å². The van der Waals surface area contributed by atoms with E-state index in [1.807, 2.05) is 12.1 Å². The van der Waals surface area contributed by atoms with Gasteiger partial charge in [0, 0.05) is 45.1 Å². The van der Waals surface area contributed by atoms with Crippen LogP contribution in [-0.2, 0) is 16.6 Å². The summed E-state index contributed by atoms with van der Waals surface area (Å²) in [5.74, 6) is -0.890. The van der Waals surface area contributed by atoms with Gasteiger partial charge in [-0.3, -0.25) is 9.88 Å². The maximum atomic E-state index is 14.1. The molecule has 0 bridgehead atoms. The number of hydrogen-bond acceptors (Lipinski definition) is 4. The predicted octanol–water partition coefficient (Wildman–Crippen LogP) is 2.38. The Bertz CT molecular complexity index is 809.